The van der Waals surface area contributed by atoms with Gasteiger partial charge in [-0.25, -0.2) is 4.79 Å². The second-order valence-corrected chi connectivity index (χ2v) is 5.13. The average Bonchev–Trinajstić information content (AvgIpc) is 2.73. The van der Waals surface area contributed by atoms with Gasteiger partial charge in [-0.2, -0.15) is 0 Å². The largest absolute Gasteiger partial charge is 0.478 e. The summed E-state index contributed by atoms with van der Waals surface area (Å²) in [6.45, 7) is 9.56. The van der Waals surface area contributed by atoms with Crippen molar-refractivity contribution in [1.29, 1.82) is 0 Å². The summed E-state index contributed by atoms with van der Waals surface area (Å²) < 4.78 is 0. The molecule has 0 saturated carbocycles. The van der Waals surface area contributed by atoms with Gasteiger partial charge in [0.1, 0.15) is 0 Å². The summed E-state index contributed by atoms with van der Waals surface area (Å²) >= 11 is 0. The molecular weight excluding hydrogens is 372 g/mol. The maximum atomic E-state index is 10.5. The maximum absolute atomic E-state index is 10.5. The van der Waals surface area contributed by atoms with Crippen LogP contribution in [0.2, 0.25) is 0 Å². The molecule has 0 aliphatic heterocycles. The van der Waals surface area contributed by atoms with Crippen molar-refractivity contribution in [3.63, 3.8) is 0 Å². The van der Waals surface area contributed by atoms with Gasteiger partial charge in [-0.3, -0.25) is 4.79 Å². The minimum absolute atomic E-state index is 0. The minimum atomic E-state index is -0.897. The molecule has 0 fully saturated rings. The summed E-state index contributed by atoms with van der Waals surface area (Å²) in [5.41, 5.74) is 2.35. The Morgan fingerprint density at radius 1 is 0.700 bits per heavy atom. The highest BCUT2D eigenvalue weighted by Gasteiger charge is 1.88. The van der Waals surface area contributed by atoms with Crippen LogP contribution in [0.15, 0.2) is 85.0 Å². The molecule has 0 spiro atoms. The lowest BCUT2D eigenvalue weighted by atomic mass is 10.1. The fourth-order valence-corrected chi connectivity index (χ4v) is 1.88. The van der Waals surface area contributed by atoms with Gasteiger partial charge in [0.15, 0.2) is 5.78 Å². The van der Waals surface area contributed by atoms with Gasteiger partial charge in [0.2, 0.25) is 0 Å². The Labute approximate surface area is 185 Å². The van der Waals surface area contributed by atoms with Crippen LogP contribution in [0.5, 0.6) is 0 Å². The Morgan fingerprint density at radius 2 is 1.03 bits per heavy atom. The fraction of sp³-hybridized carbons (Fsp3) is 0.333. The third-order valence-corrected chi connectivity index (χ3v) is 3.01. The van der Waals surface area contributed by atoms with Crippen molar-refractivity contribution in [2.45, 2.75) is 62.3 Å². The van der Waals surface area contributed by atoms with Gasteiger partial charge in [0, 0.05) is 6.08 Å². The lowest BCUT2D eigenvalue weighted by molar-refractivity contribution is -0.131. The first kappa shape index (κ1) is 34.6. The van der Waals surface area contributed by atoms with Crippen LogP contribution in [0.1, 0.15) is 60.6 Å². The molecule has 0 unspecified atom stereocenters. The molecule has 168 valence electrons. The molecule has 0 radical (unpaired) electrons. The highest BCUT2D eigenvalue weighted by atomic mass is 16.4. The van der Waals surface area contributed by atoms with E-state index in [9.17, 15) is 9.59 Å². The Kier molecular flexibility index (Phi) is 30.0. The van der Waals surface area contributed by atoms with Crippen LogP contribution in [0, 0.1) is 0 Å². The SMILES string of the molecule is C.C.CC.CC.CC(=O)C=CCc1ccccc1.O=C(O)C=CCc1ccccc1. The van der Waals surface area contributed by atoms with Gasteiger partial charge in [-0.05, 0) is 37.0 Å². The molecule has 0 saturated heterocycles. The molecular formula is C27H42O3. The van der Waals surface area contributed by atoms with E-state index >= 15 is 0 Å². The van der Waals surface area contributed by atoms with E-state index in [1.807, 2.05) is 94.4 Å². The van der Waals surface area contributed by atoms with Crippen molar-refractivity contribution in [3.05, 3.63) is 96.1 Å². The van der Waals surface area contributed by atoms with Crippen LogP contribution >= 0.6 is 0 Å². The minimum Gasteiger partial charge on any atom is -0.478 e. The zero-order valence-corrected chi connectivity index (χ0v) is 17.8. The molecule has 1 N–H and O–H groups in total. The Balaban J connectivity index is -0.000000183. The van der Waals surface area contributed by atoms with Crippen molar-refractivity contribution in [1.82, 2.24) is 0 Å². The number of benzene rings is 2. The van der Waals surface area contributed by atoms with Crippen LogP contribution in [-0.4, -0.2) is 16.9 Å². The lowest BCUT2D eigenvalue weighted by Crippen LogP contribution is -1.87. The summed E-state index contributed by atoms with van der Waals surface area (Å²) in [6, 6.07) is 19.8. The zero-order chi connectivity index (χ0) is 21.6. The first-order valence-electron chi connectivity index (χ1n) is 9.72. The number of hydrogen-bond donors (Lipinski definition) is 1. The number of aliphatic carboxylic acids is 1. The molecule has 0 bridgehead atoms. The van der Waals surface area contributed by atoms with Crippen LogP contribution < -0.4 is 0 Å². The van der Waals surface area contributed by atoms with E-state index in [0.717, 1.165) is 18.1 Å². The smallest absolute Gasteiger partial charge is 0.327 e. The molecule has 0 atom stereocenters. The molecule has 30 heavy (non-hydrogen) atoms. The number of allylic oxidation sites excluding steroid dienone is 3. The maximum Gasteiger partial charge on any atom is 0.327 e. The van der Waals surface area contributed by atoms with E-state index in [1.165, 1.54) is 5.56 Å². The monoisotopic (exact) mass is 414 g/mol. The van der Waals surface area contributed by atoms with Crippen LogP contribution in [0.25, 0.3) is 0 Å². The standard InChI is InChI=1S/C11H12O.C10H10O2.2C2H6.2CH4/c1-10(12)6-5-9-11-7-3-2-4-8-11;11-10(12)8-4-7-9-5-2-1-3-6-9;2*1-2;;/h2-8H,9H2,1H3;1-6,8H,7H2,(H,11,12);2*1-2H3;2*1H4. The van der Waals surface area contributed by atoms with E-state index in [1.54, 1.807) is 19.1 Å². The number of carbonyl (C=O) groups excluding carboxylic acids is 1. The number of carboxylic acids is 1. The van der Waals surface area contributed by atoms with Crippen molar-refractivity contribution in [2.75, 3.05) is 0 Å². The predicted molar refractivity (Wildman–Crippen MR) is 133 cm³/mol. The van der Waals surface area contributed by atoms with Crippen LogP contribution in [0.4, 0.5) is 0 Å². The summed E-state index contributed by atoms with van der Waals surface area (Å²) in [5, 5.41) is 8.30. The van der Waals surface area contributed by atoms with E-state index in [4.69, 9.17) is 5.11 Å². The highest BCUT2D eigenvalue weighted by Crippen LogP contribution is 2.00. The van der Waals surface area contributed by atoms with Gasteiger partial charge in [0.25, 0.3) is 0 Å². The van der Waals surface area contributed by atoms with Crippen LogP contribution in [-0.2, 0) is 22.4 Å². The zero-order valence-electron chi connectivity index (χ0n) is 17.8. The van der Waals surface area contributed by atoms with Crippen molar-refractivity contribution in [3.8, 4) is 0 Å². The predicted octanol–water partition coefficient (Wildman–Crippen LogP) is 7.57. The first-order valence-corrected chi connectivity index (χ1v) is 9.72. The molecule has 0 heterocycles. The number of rotatable bonds is 6. The Hall–Kier alpha value is -2.94. The molecule has 2 aromatic carbocycles. The highest BCUT2D eigenvalue weighted by molar-refractivity contribution is 5.87. The number of ketones is 1. The number of hydrogen-bond acceptors (Lipinski definition) is 2. The Morgan fingerprint density at radius 3 is 1.33 bits per heavy atom. The van der Waals surface area contributed by atoms with Gasteiger partial charge < -0.3 is 5.11 Å². The average molecular weight is 415 g/mol. The lowest BCUT2D eigenvalue weighted by Gasteiger charge is -1.92. The van der Waals surface area contributed by atoms with E-state index in [2.05, 4.69) is 0 Å². The summed E-state index contributed by atoms with van der Waals surface area (Å²) in [5.74, 6) is -0.795. The summed E-state index contributed by atoms with van der Waals surface area (Å²) in [6.07, 6.45) is 7.79. The molecule has 3 heteroatoms. The molecule has 0 amide bonds. The third kappa shape index (κ3) is 23.1. The number of carbonyl (C=O) groups is 2. The fourth-order valence-electron chi connectivity index (χ4n) is 1.88. The van der Waals surface area contributed by atoms with E-state index < -0.39 is 5.97 Å². The van der Waals surface area contributed by atoms with Crippen molar-refractivity contribution >= 4 is 11.8 Å². The summed E-state index contributed by atoms with van der Waals surface area (Å²) in [4.78, 5) is 20.6. The van der Waals surface area contributed by atoms with E-state index in [-0.39, 0.29) is 20.6 Å². The van der Waals surface area contributed by atoms with Gasteiger partial charge in [-0.1, -0.05) is 115 Å². The second kappa shape index (κ2) is 26.1. The third-order valence-electron chi connectivity index (χ3n) is 3.01. The summed E-state index contributed by atoms with van der Waals surface area (Å²) in [7, 11) is 0. The first-order chi connectivity index (χ1) is 13.6. The quantitative estimate of drug-likeness (QED) is 0.496. The molecule has 0 aliphatic carbocycles. The molecule has 0 aromatic heterocycles. The van der Waals surface area contributed by atoms with Gasteiger partial charge >= 0.3 is 5.97 Å². The van der Waals surface area contributed by atoms with E-state index in [0.29, 0.717) is 6.42 Å². The molecule has 0 aliphatic rings. The normalized spacial score (nSPS) is 8.70. The van der Waals surface area contributed by atoms with Crippen molar-refractivity contribution in [2.24, 2.45) is 0 Å². The Bertz CT molecular complexity index is 610. The topological polar surface area (TPSA) is 54.4 Å². The van der Waals surface area contributed by atoms with Crippen molar-refractivity contribution < 1.29 is 14.7 Å². The van der Waals surface area contributed by atoms with Crippen LogP contribution in [0.3, 0.4) is 0 Å². The molecule has 2 aromatic rings. The number of carboxylic acid groups (broad SMARTS) is 1. The van der Waals surface area contributed by atoms with Gasteiger partial charge in [0.05, 0.1) is 0 Å². The molecule has 2 rings (SSSR count). The molecule has 3 nitrogen and oxygen atoms in total. The van der Waals surface area contributed by atoms with Gasteiger partial charge in [-0.15, -0.1) is 0 Å². The second-order valence-electron chi connectivity index (χ2n) is 5.13.